The van der Waals surface area contributed by atoms with Crippen LogP contribution in [0.25, 0.3) is 10.4 Å². The molecule has 0 aliphatic rings. The molecule has 4 heteroatoms. The van der Waals surface area contributed by atoms with Crippen LogP contribution in [0.5, 0.6) is 0 Å². The summed E-state index contributed by atoms with van der Waals surface area (Å²) >= 11 is 0. The molecule has 1 rings (SSSR count). The van der Waals surface area contributed by atoms with Crippen molar-refractivity contribution in [1.82, 2.24) is 0 Å². The van der Waals surface area contributed by atoms with Gasteiger partial charge in [0.05, 0.1) is 18.6 Å². The van der Waals surface area contributed by atoms with Crippen LogP contribution in [-0.4, -0.2) is 0 Å². The Labute approximate surface area is 64.5 Å². The maximum Gasteiger partial charge on any atom is 0.0938 e. The van der Waals surface area contributed by atoms with Crippen LogP contribution in [-0.2, 0) is 0 Å². The second-order valence-corrected chi connectivity index (χ2v) is 2.19. The van der Waals surface area contributed by atoms with E-state index in [2.05, 4.69) is 10.0 Å². The molecule has 1 aromatic heterocycles. The number of furan rings is 1. The average Bonchev–Trinajstić information content (AvgIpc) is 2.52. The highest BCUT2D eigenvalue weighted by Gasteiger charge is 2.06. The first-order valence-corrected chi connectivity index (χ1v) is 3.44. The molecule has 0 aromatic carbocycles. The zero-order valence-electron chi connectivity index (χ0n) is 6.27. The molecule has 0 aliphatic carbocycles. The second-order valence-electron chi connectivity index (χ2n) is 2.19. The number of azide groups is 1. The van der Waals surface area contributed by atoms with E-state index in [1.54, 1.807) is 12.5 Å². The van der Waals surface area contributed by atoms with E-state index in [-0.39, 0.29) is 6.04 Å². The Morgan fingerprint density at radius 1 is 1.82 bits per heavy atom. The fourth-order valence-corrected chi connectivity index (χ4v) is 0.911. The van der Waals surface area contributed by atoms with Crippen LogP contribution in [0, 0.1) is 0 Å². The first-order chi connectivity index (χ1) is 5.38. The minimum absolute atomic E-state index is 0.0845. The minimum atomic E-state index is -0.0845. The number of rotatable bonds is 3. The molecular weight excluding hydrogens is 142 g/mol. The third-order valence-electron chi connectivity index (χ3n) is 1.51. The first kappa shape index (κ1) is 7.69. The van der Waals surface area contributed by atoms with Gasteiger partial charge in [-0.1, -0.05) is 12.0 Å². The Balaban J connectivity index is 2.79. The topological polar surface area (TPSA) is 61.9 Å². The van der Waals surface area contributed by atoms with Gasteiger partial charge in [-0.15, -0.1) is 0 Å². The highest BCUT2D eigenvalue weighted by molar-refractivity contribution is 5.11. The molecule has 1 atom stereocenters. The van der Waals surface area contributed by atoms with E-state index in [0.29, 0.717) is 0 Å². The van der Waals surface area contributed by atoms with Gasteiger partial charge in [0.1, 0.15) is 0 Å². The molecule has 0 spiro atoms. The van der Waals surface area contributed by atoms with E-state index in [9.17, 15) is 0 Å². The molecule has 1 unspecified atom stereocenters. The summed E-state index contributed by atoms with van der Waals surface area (Å²) in [5.41, 5.74) is 9.13. The molecule has 0 saturated heterocycles. The lowest BCUT2D eigenvalue weighted by Crippen LogP contribution is -1.88. The fraction of sp³-hybridized carbons (Fsp3) is 0.429. The summed E-state index contributed by atoms with van der Waals surface area (Å²) in [5, 5.41) is 3.61. The molecule has 1 aromatic rings. The quantitative estimate of drug-likeness (QED) is 0.372. The third-order valence-corrected chi connectivity index (χ3v) is 1.51. The Morgan fingerprint density at radius 2 is 2.64 bits per heavy atom. The van der Waals surface area contributed by atoms with Gasteiger partial charge < -0.3 is 4.42 Å². The number of nitrogens with zero attached hydrogens (tertiary/aromatic N) is 3. The molecule has 0 aliphatic heterocycles. The van der Waals surface area contributed by atoms with Crippen molar-refractivity contribution < 1.29 is 4.42 Å². The fourth-order valence-electron chi connectivity index (χ4n) is 0.911. The highest BCUT2D eigenvalue weighted by atomic mass is 16.3. The lowest BCUT2D eigenvalue weighted by molar-refractivity contribution is 0.557. The van der Waals surface area contributed by atoms with Crippen LogP contribution in [0.15, 0.2) is 28.1 Å². The lowest BCUT2D eigenvalue weighted by Gasteiger charge is -2.01. The predicted molar refractivity (Wildman–Crippen MR) is 40.9 cm³/mol. The van der Waals surface area contributed by atoms with Gasteiger partial charge in [0, 0.05) is 4.91 Å². The van der Waals surface area contributed by atoms with Gasteiger partial charge in [-0.25, -0.2) is 0 Å². The van der Waals surface area contributed by atoms with Crippen LogP contribution < -0.4 is 0 Å². The molecule has 0 amide bonds. The molecule has 11 heavy (non-hydrogen) atoms. The monoisotopic (exact) mass is 151 g/mol. The Bertz CT molecular complexity index is 249. The van der Waals surface area contributed by atoms with Gasteiger partial charge in [0.15, 0.2) is 0 Å². The van der Waals surface area contributed by atoms with E-state index in [4.69, 9.17) is 9.95 Å². The maximum atomic E-state index is 8.19. The molecule has 4 nitrogen and oxygen atoms in total. The molecule has 0 saturated carbocycles. The SMILES string of the molecule is CCC(N=[N+]=[N-])c1ccoc1. The van der Waals surface area contributed by atoms with Gasteiger partial charge in [-0.05, 0) is 23.6 Å². The van der Waals surface area contributed by atoms with Crippen LogP contribution in [0.1, 0.15) is 24.9 Å². The first-order valence-electron chi connectivity index (χ1n) is 3.44. The summed E-state index contributed by atoms with van der Waals surface area (Å²) in [6.07, 6.45) is 3.97. The normalized spacial score (nSPS) is 12.1. The van der Waals surface area contributed by atoms with Crippen molar-refractivity contribution in [2.75, 3.05) is 0 Å². The second kappa shape index (κ2) is 3.68. The lowest BCUT2D eigenvalue weighted by atomic mass is 10.1. The van der Waals surface area contributed by atoms with Gasteiger partial charge >= 0.3 is 0 Å². The number of hydrogen-bond acceptors (Lipinski definition) is 2. The van der Waals surface area contributed by atoms with E-state index in [0.717, 1.165) is 12.0 Å². The Morgan fingerprint density at radius 3 is 3.09 bits per heavy atom. The van der Waals surface area contributed by atoms with Crippen molar-refractivity contribution in [3.63, 3.8) is 0 Å². The molecule has 0 radical (unpaired) electrons. The predicted octanol–water partition coefficient (Wildman–Crippen LogP) is 3.04. The Hall–Kier alpha value is -1.41. The van der Waals surface area contributed by atoms with Gasteiger partial charge in [-0.3, -0.25) is 0 Å². The van der Waals surface area contributed by atoms with Crippen molar-refractivity contribution in [1.29, 1.82) is 0 Å². The summed E-state index contributed by atoms with van der Waals surface area (Å²) in [6.45, 7) is 1.96. The van der Waals surface area contributed by atoms with E-state index >= 15 is 0 Å². The summed E-state index contributed by atoms with van der Waals surface area (Å²) in [6, 6.07) is 1.72. The van der Waals surface area contributed by atoms with Crippen molar-refractivity contribution in [3.05, 3.63) is 34.6 Å². The van der Waals surface area contributed by atoms with Crippen LogP contribution >= 0.6 is 0 Å². The van der Waals surface area contributed by atoms with Gasteiger partial charge in [0.2, 0.25) is 0 Å². The molecule has 0 N–H and O–H groups in total. The molecule has 0 bridgehead atoms. The van der Waals surface area contributed by atoms with Gasteiger partial charge in [0.25, 0.3) is 0 Å². The minimum Gasteiger partial charge on any atom is -0.472 e. The molecule has 1 heterocycles. The van der Waals surface area contributed by atoms with Crippen molar-refractivity contribution in [3.8, 4) is 0 Å². The largest absolute Gasteiger partial charge is 0.472 e. The smallest absolute Gasteiger partial charge is 0.0938 e. The van der Waals surface area contributed by atoms with Crippen LogP contribution in [0.3, 0.4) is 0 Å². The molecule has 0 fully saturated rings. The van der Waals surface area contributed by atoms with Crippen LogP contribution in [0.2, 0.25) is 0 Å². The van der Waals surface area contributed by atoms with Crippen molar-refractivity contribution >= 4 is 0 Å². The zero-order chi connectivity index (χ0) is 8.10. The van der Waals surface area contributed by atoms with Crippen LogP contribution in [0.4, 0.5) is 0 Å². The standard InChI is InChI=1S/C7H9N3O/c1-2-7(9-10-8)6-3-4-11-5-6/h3-5,7H,2H2,1H3. The molecular formula is C7H9N3O. The third kappa shape index (κ3) is 1.75. The highest BCUT2D eigenvalue weighted by Crippen LogP contribution is 2.20. The summed E-state index contributed by atoms with van der Waals surface area (Å²) < 4.78 is 4.86. The summed E-state index contributed by atoms with van der Waals surface area (Å²) in [5.74, 6) is 0. The van der Waals surface area contributed by atoms with E-state index < -0.39 is 0 Å². The zero-order valence-corrected chi connectivity index (χ0v) is 6.27. The average molecular weight is 151 g/mol. The van der Waals surface area contributed by atoms with E-state index in [1.807, 2.05) is 13.0 Å². The maximum absolute atomic E-state index is 8.19. The molecule has 58 valence electrons. The summed E-state index contributed by atoms with van der Waals surface area (Å²) in [7, 11) is 0. The van der Waals surface area contributed by atoms with E-state index in [1.165, 1.54) is 0 Å². The van der Waals surface area contributed by atoms with Crippen molar-refractivity contribution in [2.24, 2.45) is 5.11 Å². The Kier molecular flexibility index (Phi) is 2.58. The number of hydrogen-bond donors (Lipinski definition) is 0. The van der Waals surface area contributed by atoms with Crippen molar-refractivity contribution in [2.45, 2.75) is 19.4 Å². The summed E-state index contributed by atoms with van der Waals surface area (Å²) in [4.78, 5) is 2.75. The van der Waals surface area contributed by atoms with Gasteiger partial charge in [-0.2, -0.15) is 0 Å².